The van der Waals surface area contributed by atoms with E-state index in [2.05, 4.69) is 10.5 Å². The van der Waals surface area contributed by atoms with Crippen molar-refractivity contribution in [3.05, 3.63) is 40.8 Å². The van der Waals surface area contributed by atoms with E-state index in [9.17, 15) is 0 Å². The van der Waals surface area contributed by atoms with Crippen molar-refractivity contribution >= 4 is 0 Å². The lowest BCUT2D eigenvalue weighted by Gasteiger charge is -2.09. The number of rotatable bonds is 4. The molecule has 1 N–H and O–H groups in total. The first kappa shape index (κ1) is 13.0. The highest BCUT2D eigenvalue weighted by molar-refractivity contribution is 5.45. The average Bonchev–Trinajstić information content (AvgIpc) is 3.00. The minimum Gasteiger partial charge on any atom is -0.491 e. The number of fused-ring (bicyclic) bond motifs is 1. The maximum Gasteiger partial charge on any atom is 0.140 e. The van der Waals surface area contributed by atoms with Gasteiger partial charge in [0, 0.05) is 11.6 Å². The van der Waals surface area contributed by atoms with Crippen molar-refractivity contribution in [1.82, 2.24) is 10.5 Å². The zero-order valence-electron chi connectivity index (χ0n) is 11.9. The highest BCUT2D eigenvalue weighted by Crippen LogP contribution is 2.35. The van der Waals surface area contributed by atoms with E-state index in [1.165, 1.54) is 5.56 Å². The first-order valence-corrected chi connectivity index (χ1v) is 6.67. The van der Waals surface area contributed by atoms with Crippen LogP contribution in [-0.2, 0) is 6.61 Å². The van der Waals surface area contributed by atoms with E-state index in [0.29, 0.717) is 13.2 Å². The fourth-order valence-corrected chi connectivity index (χ4v) is 2.38. The number of aryl methyl sites for hydroxylation is 2. The van der Waals surface area contributed by atoms with E-state index in [-0.39, 0.29) is 6.04 Å². The van der Waals surface area contributed by atoms with Crippen LogP contribution < -0.4 is 14.8 Å². The van der Waals surface area contributed by atoms with Crippen LogP contribution in [0.15, 0.2) is 22.7 Å². The van der Waals surface area contributed by atoms with Gasteiger partial charge in [0.2, 0.25) is 0 Å². The summed E-state index contributed by atoms with van der Waals surface area (Å²) in [5.41, 5.74) is 3.05. The zero-order valence-corrected chi connectivity index (χ0v) is 11.9. The van der Waals surface area contributed by atoms with Gasteiger partial charge >= 0.3 is 0 Å². The Balaban J connectivity index is 1.73. The summed E-state index contributed by atoms with van der Waals surface area (Å²) in [7, 11) is 1.94. The number of ether oxygens (including phenoxy) is 2. The van der Waals surface area contributed by atoms with E-state index in [1.807, 2.05) is 39.1 Å². The van der Waals surface area contributed by atoms with E-state index < -0.39 is 0 Å². The predicted molar refractivity (Wildman–Crippen MR) is 74.0 cm³/mol. The quantitative estimate of drug-likeness (QED) is 0.928. The van der Waals surface area contributed by atoms with Crippen molar-refractivity contribution in [3.8, 4) is 11.5 Å². The normalized spacial score (nSPS) is 16.9. The van der Waals surface area contributed by atoms with Gasteiger partial charge < -0.3 is 19.3 Å². The molecule has 1 aromatic heterocycles. The molecule has 0 saturated carbocycles. The van der Waals surface area contributed by atoms with Gasteiger partial charge in [-0.2, -0.15) is 0 Å². The number of hydrogen-bond acceptors (Lipinski definition) is 5. The third-order valence-electron chi connectivity index (χ3n) is 3.68. The number of likely N-dealkylation sites (N-methyl/N-ethyl adjacent to an activating group) is 1. The van der Waals surface area contributed by atoms with Crippen LogP contribution in [0.3, 0.4) is 0 Å². The SMILES string of the molecule is CNC1COc2cc(OCc3c(C)noc3C)ccc21. The smallest absolute Gasteiger partial charge is 0.140 e. The van der Waals surface area contributed by atoms with Crippen molar-refractivity contribution in [2.24, 2.45) is 0 Å². The lowest BCUT2D eigenvalue weighted by atomic mass is 10.1. The zero-order chi connectivity index (χ0) is 14.1. The number of hydrogen-bond donors (Lipinski definition) is 1. The summed E-state index contributed by atoms with van der Waals surface area (Å²) >= 11 is 0. The minimum absolute atomic E-state index is 0.265. The number of aromatic nitrogens is 1. The van der Waals surface area contributed by atoms with Crippen LogP contribution in [0.1, 0.15) is 28.6 Å². The molecule has 0 saturated heterocycles. The van der Waals surface area contributed by atoms with Gasteiger partial charge in [0.15, 0.2) is 0 Å². The van der Waals surface area contributed by atoms with Crippen molar-refractivity contribution < 1.29 is 14.0 Å². The first-order valence-electron chi connectivity index (χ1n) is 6.67. The minimum atomic E-state index is 0.265. The second-order valence-electron chi connectivity index (χ2n) is 4.94. The monoisotopic (exact) mass is 274 g/mol. The van der Waals surface area contributed by atoms with E-state index in [0.717, 1.165) is 28.5 Å². The summed E-state index contributed by atoms with van der Waals surface area (Å²) in [5.74, 6) is 2.48. The molecule has 1 unspecified atom stereocenters. The summed E-state index contributed by atoms with van der Waals surface area (Å²) in [6.07, 6.45) is 0. The third kappa shape index (κ3) is 2.25. The summed E-state index contributed by atoms with van der Waals surface area (Å²) in [6, 6.07) is 6.22. The highest BCUT2D eigenvalue weighted by Gasteiger charge is 2.23. The molecule has 3 rings (SSSR count). The van der Waals surface area contributed by atoms with Gasteiger partial charge in [-0.15, -0.1) is 0 Å². The van der Waals surface area contributed by atoms with Gasteiger partial charge in [0.1, 0.15) is 30.5 Å². The van der Waals surface area contributed by atoms with Crippen LogP contribution >= 0.6 is 0 Å². The molecule has 5 nitrogen and oxygen atoms in total. The maximum atomic E-state index is 5.81. The van der Waals surface area contributed by atoms with Crippen molar-refractivity contribution in [1.29, 1.82) is 0 Å². The first-order chi connectivity index (χ1) is 9.69. The second kappa shape index (κ2) is 5.17. The third-order valence-corrected chi connectivity index (χ3v) is 3.68. The molecule has 2 heterocycles. The Hall–Kier alpha value is -2.01. The summed E-state index contributed by atoms with van der Waals surface area (Å²) < 4.78 is 16.6. The molecule has 2 aromatic rings. The number of nitrogens with zero attached hydrogens (tertiary/aromatic N) is 1. The van der Waals surface area contributed by atoms with Gasteiger partial charge in [0.05, 0.1) is 17.3 Å². The van der Waals surface area contributed by atoms with Gasteiger partial charge in [0.25, 0.3) is 0 Å². The Bertz CT molecular complexity index is 602. The molecule has 0 bridgehead atoms. The molecule has 0 radical (unpaired) electrons. The van der Waals surface area contributed by atoms with Crippen LogP contribution in [0.5, 0.6) is 11.5 Å². The second-order valence-corrected chi connectivity index (χ2v) is 4.94. The van der Waals surface area contributed by atoms with Crippen LogP contribution in [0, 0.1) is 13.8 Å². The van der Waals surface area contributed by atoms with Gasteiger partial charge in [-0.3, -0.25) is 0 Å². The standard InChI is InChI=1S/C15H18N2O3/c1-9-13(10(2)20-17-9)7-18-11-4-5-12-14(16-3)8-19-15(12)6-11/h4-6,14,16H,7-8H2,1-3H3. The van der Waals surface area contributed by atoms with E-state index in [4.69, 9.17) is 14.0 Å². The number of benzene rings is 1. The molecule has 5 heteroatoms. The number of nitrogens with one attached hydrogen (secondary N) is 1. The molecule has 0 fully saturated rings. The lowest BCUT2D eigenvalue weighted by molar-refractivity contribution is 0.295. The fraction of sp³-hybridized carbons (Fsp3) is 0.400. The van der Waals surface area contributed by atoms with Crippen molar-refractivity contribution in [2.75, 3.05) is 13.7 Å². The molecule has 0 aliphatic carbocycles. The summed E-state index contributed by atoms with van der Waals surface area (Å²) in [6.45, 7) is 4.93. The Morgan fingerprint density at radius 1 is 1.40 bits per heavy atom. The van der Waals surface area contributed by atoms with Crippen LogP contribution in [0.25, 0.3) is 0 Å². The summed E-state index contributed by atoms with van der Waals surface area (Å²) in [4.78, 5) is 0. The molecule has 106 valence electrons. The maximum absolute atomic E-state index is 5.81. The topological polar surface area (TPSA) is 56.5 Å². The molecule has 0 amide bonds. The van der Waals surface area contributed by atoms with Crippen molar-refractivity contribution in [3.63, 3.8) is 0 Å². The largest absolute Gasteiger partial charge is 0.491 e. The Kier molecular flexibility index (Phi) is 3.36. The predicted octanol–water partition coefficient (Wildman–Crippen LogP) is 2.52. The highest BCUT2D eigenvalue weighted by atomic mass is 16.5. The van der Waals surface area contributed by atoms with Crippen LogP contribution in [0.2, 0.25) is 0 Å². The van der Waals surface area contributed by atoms with E-state index >= 15 is 0 Å². The Labute approximate surface area is 117 Å². The van der Waals surface area contributed by atoms with Gasteiger partial charge in [-0.05, 0) is 33.0 Å². The van der Waals surface area contributed by atoms with Crippen LogP contribution in [-0.4, -0.2) is 18.8 Å². The Morgan fingerprint density at radius 2 is 2.25 bits per heavy atom. The van der Waals surface area contributed by atoms with E-state index in [1.54, 1.807) is 0 Å². The van der Waals surface area contributed by atoms with Crippen molar-refractivity contribution in [2.45, 2.75) is 26.5 Å². The molecule has 1 aliphatic rings. The molecule has 1 aliphatic heterocycles. The molecular formula is C15H18N2O3. The molecule has 1 aromatic carbocycles. The Morgan fingerprint density at radius 3 is 2.95 bits per heavy atom. The average molecular weight is 274 g/mol. The van der Waals surface area contributed by atoms with Gasteiger partial charge in [-0.1, -0.05) is 5.16 Å². The summed E-state index contributed by atoms with van der Waals surface area (Å²) in [5, 5.41) is 7.14. The lowest BCUT2D eigenvalue weighted by Crippen LogP contribution is -2.17. The molecule has 20 heavy (non-hydrogen) atoms. The fourth-order valence-electron chi connectivity index (χ4n) is 2.38. The van der Waals surface area contributed by atoms with Crippen LogP contribution in [0.4, 0.5) is 0 Å². The van der Waals surface area contributed by atoms with Gasteiger partial charge in [-0.25, -0.2) is 0 Å². The molecule has 0 spiro atoms. The molecular weight excluding hydrogens is 256 g/mol. The molecule has 1 atom stereocenters.